The van der Waals surface area contributed by atoms with Gasteiger partial charge in [0.1, 0.15) is 35.7 Å². The second-order valence-electron chi connectivity index (χ2n) is 7.15. The van der Waals surface area contributed by atoms with Crippen LogP contribution in [0.25, 0.3) is 10.2 Å². The van der Waals surface area contributed by atoms with Gasteiger partial charge in [-0.1, -0.05) is 11.3 Å². The molecule has 10 heteroatoms. The molecule has 1 aliphatic rings. The molecular weight excluding hydrogens is 439 g/mol. The first-order valence-electron chi connectivity index (χ1n) is 9.50. The lowest BCUT2D eigenvalue weighted by Crippen LogP contribution is -2.30. The minimum Gasteiger partial charge on any atom is -0.503 e. The number of furan rings is 2. The van der Waals surface area contributed by atoms with Gasteiger partial charge in [0.15, 0.2) is 16.7 Å². The maximum absolute atomic E-state index is 13.7. The molecule has 8 nitrogen and oxygen atoms in total. The molecule has 0 bridgehead atoms. The Hall–Kier alpha value is -3.76. The Bertz CT molecular complexity index is 1410. The summed E-state index contributed by atoms with van der Waals surface area (Å²) in [5, 5.41) is 20.2. The summed E-state index contributed by atoms with van der Waals surface area (Å²) in [4.78, 5) is 31.8. The summed E-state index contributed by atoms with van der Waals surface area (Å²) in [6, 6.07) is 8.89. The van der Waals surface area contributed by atoms with E-state index in [0.717, 1.165) is 16.2 Å². The monoisotopic (exact) mass is 454 g/mol. The third kappa shape index (κ3) is 3.12. The molecule has 0 aliphatic carbocycles. The predicted molar refractivity (Wildman–Crippen MR) is 112 cm³/mol. The van der Waals surface area contributed by atoms with Gasteiger partial charge in [0.05, 0.1) is 15.8 Å². The number of aryl methyl sites for hydroxylation is 1. The van der Waals surface area contributed by atoms with E-state index in [4.69, 9.17) is 8.83 Å². The highest BCUT2D eigenvalue weighted by Gasteiger charge is 2.48. The van der Waals surface area contributed by atoms with E-state index >= 15 is 0 Å². The van der Waals surface area contributed by atoms with Crippen LogP contribution >= 0.6 is 11.3 Å². The average molecular weight is 454 g/mol. The van der Waals surface area contributed by atoms with Crippen LogP contribution in [-0.2, 0) is 11.4 Å². The standard InChI is InChI=1S/C22H15FN2O6S/c1-10-2-6-15(30-10)19(27)17-18(14-7-4-12(9-26)31-14)25(21(29)20(17)28)22-24-13-5-3-11(23)8-16(13)32-22/h2-8,18,26,28H,9H2,1H3. The van der Waals surface area contributed by atoms with Crippen LogP contribution in [-0.4, -0.2) is 26.9 Å². The van der Waals surface area contributed by atoms with Gasteiger partial charge >= 0.3 is 0 Å². The Morgan fingerprint density at radius 3 is 2.72 bits per heavy atom. The number of ketones is 1. The first-order valence-corrected chi connectivity index (χ1v) is 10.3. The number of hydrogen-bond donors (Lipinski definition) is 2. The SMILES string of the molecule is Cc1ccc(C(=O)C2=C(O)C(=O)N(c3nc4ccc(F)cc4s3)C2c2ccc(CO)o2)o1. The lowest BCUT2D eigenvalue weighted by Gasteiger charge is -2.22. The molecule has 0 saturated carbocycles. The number of aromatic nitrogens is 1. The van der Waals surface area contributed by atoms with Gasteiger partial charge < -0.3 is 19.0 Å². The van der Waals surface area contributed by atoms with Crippen LogP contribution < -0.4 is 4.90 Å². The van der Waals surface area contributed by atoms with E-state index in [1.165, 1.54) is 36.4 Å². The minimum absolute atomic E-state index is 0.0518. The molecular formula is C22H15FN2O6S. The van der Waals surface area contributed by atoms with E-state index in [0.29, 0.717) is 16.0 Å². The number of amides is 1. The highest BCUT2D eigenvalue weighted by atomic mass is 32.1. The van der Waals surface area contributed by atoms with Crippen LogP contribution in [0.1, 0.15) is 33.9 Å². The number of benzene rings is 1. The average Bonchev–Trinajstić information content (AvgIpc) is 3.54. The van der Waals surface area contributed by atoms with Crippen molar-refractivity contribution in [1.82, 2.24) is 4.98 Å². The van der Waals surface area contributed by atoms with Crippen molar-refractivity contribution in [3.05, 3.63) is 82.7 Å². The molecule has 32 heavy (non-hydrogen) atoms. The van der Waals surface area contributed by atoms with Crippen LogP contribution in [0.4, 0.5) is 9.52 Å². The molecule has 4 aromatic rings. The molecule has 1 aliphatic heterocycles. The summed E-state index contributed by atoms with van der Waals surface area (Å²) in [7, 11) is 0. The molecule has 162 valence electrons. The minimum atomic E-state index is -1.16. The van der Waals surface area contributed by atoms with Crippen molar-refractivity contribution in [2.75, 3.05) is 4.90 Å². The van der Waals surface area contributed by atoms with Gasteiger partial charge in [-0.25, -0.2) is 9.37 Å². The van der Waals surface area contributed by atoms with Crippen molar-refractivity contribution in [2.45, 2.75) is 19.6 Å². The molecule has 5 rings (SSSR count). The fourth-order valence-electron chi connectivity index (χ4n) is 3.61. The predicted octanol–water partition coefficient (Wildman–Crippen LogP) is 4.21. The zero-order valence-electron chi connectivity index (χ0n) is 16.5. The van der Waals surface area contributed by atoms with Crippen LogP contribution in [0, 0.1) is 12.7 Å². The second kappa shape index (κ2) is 7.43. The number of nitrogens with zero attached hydrogens (tertiary/aromatic N) is 2. The number of halogens is 1. The molecule has 2 N–H and O–H groups in total. The number of Topliss-reactive ketones (excluding diaryl/α,β-unsaturated/α-hetero) is 1. The van der Waals surface area contributed by atoms with Crippen LogP contribution in [0.15, 0.2) is 62.6 Å². The van der Waals surface area contributed by atoms with Crippen molar-refractivity contribution >= 4 is 38.4 Å². The van der Waals surface area contributed by atoms with Gasteiger partial charge in [-0.2, -0.15) is 0 Å². The first kappa shape index (κ1) is 20.2. The third-order valence-electron chi connectivity index (χ3n) is 5.07. The number of carbonyl (C=O) groups is 2. The Labute approximate surface area is 183 Å². The number of fused-ring (bicyclic) bond motifs is 1. The third-order valence-corrected chi connectivity index (χ3v) is 6.09. The van der Waals surface area contributed by atoms with Crippen molar-refractivity contribution in [2.24, 2.45) is 0 Å². The summed E-state index contributed by atoms with van der Waals surface area (Å²) in [5.41, 5.74) is 0.211. The van der Waals surface area contributed by atoms with Crippen molar-refractivity contribution in [3.8, 4) is 0 Å². The van der Waals surface area contributed by atoms with E-state index in [9.17, 15) is 24.2 Å². The lowest BCUT2D eigenvalue weighted by molar-refractivity contribution is -0.117. The van der Waals surface area contributed by atoms with Gasteiger partial charge in [-0.3, -0.25) is 14.5 Å². The molecule has 0 spiro atoms. The number of anilines is 1. The van der Waals surface area contributed by atoms with Gasteiger partial charge in [0, 0.05) is 0 Å². The summed E-state index contributed by atoms with van der Waals surface area (Å²) >= 11 is 1.03. The fraction of sp³-hybridized carbons (Fsp3) is 0.136. The summed E-state index contributed by atoms with van der Waals surface area (Å²) in [6.45, 7) is 1.27. The lowest BCUT2D eigenvalue weighted by atomic mass is 10.00. The zero-order chi connectivity index (χ0) is 22.6. The first-order chi connectivity index (χ1) is 15.4. The van der Waals surface area contributed by atoms with Crippen LogP contribution in [0.2, 0.25) is 0 Å². The number of rotatable bonds is 5. The molecule has 0 radical (unpaired) electrons. The second-order valence-corrected chi connectivity index (χ2v) is 8.16. The highest BCUT2D eigenvalue weighted by molar-refractivity contribution is 7.22. The van der Waals surface area contributed by atoms with Crippen molar-refractivity contribution in [3.63, 3.8) is 0 Å². The van der Waals surface area contributed by atoms with E-state index in [-0.39, 0.29) is 28.0 Å². The highest BCUT2D eigenvalue weighted by Crippen LogP contribution is 2.44. The number of aliphatic hydroxyl groups is 2. The Morgan fingerprint density at radius 1 is 1.22 bits per heavy atom. The molecule has 1 aromatic carbocycles. The number of aliphatic hydroxyl groups excluding tert-OH is 2. The van der Waals surface area contributed by atoms with Crippen molar-refractivity contribution in [1.29, 1.82) is 0 Å². The van der Waals surface area contributed by atoms with Gasteiger partial charge in [-0.15, -0.1) is 0 Å². The summed E-state index contributed by atoms with van der Waals surface area (Å²) < 4.78 is 25.2. The van der Waals surface area contributed by atoms with E-state index in [2.05, 4.69) is 4.98 Å². The largest absolute Gasteiger partial charge is 0.503 e. The van der Waals surface area contributed by atoms with E-state index < -0.39 is 35.9 Å². The Morgan fingerprint density at radius 2 is 2.03 bits per heavy atom. The van der Waals surface area contributed by atoms with Crippen LogP contribution in [0.3, 0.4) is 0 Å². The normalized spacial score (nSPS) is 16.5. The number of thiazole rings is 1. The van der Waals surface area contributed by atoms with Crippen LogP contribution in [0.5, 0.6) is 0 Å². The topological polar surface area (TPSA) is 117 Å². The fourth-order valence-corrected chi connectivity index (χ4v) is 4.63. The Balaban J connectivity index is 1.67. The Kier molecular flexibility index (Phi) is 4.68. The number of carbonyl (C=O) groups excluding carboxylic acids is 2. The molecule has 1 unspecified atom stereocenters. The van der Waals surface area contributed by atoms with Crippen molar-refractivity contribution < 1.29 is 33.0 Å². The smallest absolute Gasteiger partial charge is 0.296 e. The molecule has 0 saturated heterocycles. The molecule has 4 heterocycles. The van der Waals surface area contributed by atoms with E-state index in [1.807, 2.05) is 0 Å². The summed E-state index contributed by atoms with van der Waals surface area (Å²) in [5.74, 6) is -1.98. The quantitative estimate of drug-likeness (QED) is 0.434. The maximum Gasteiger partial charge on any atom is 0.296 e. The summed E-state index contributed by atoms with van der Waals surface area (Å²) in [6.07, 6.45) is 0. The molecule has 1 atom stereocenters. The molecule has 1 amide bonds. The molecule has 3 aromatic heterocycles. The van der Waals surface area contributed by atoms with Gasteiger partial charge in [0.25, 0.3) is 5.91 Å². The van der Waals surface area contributed by atoms with E-state index in [1.54, 1.807) is 13.0 Å². The number of hydrogen-bond acceptors (Lipinski definition) is 8. The zero-order valence-corrected chi connectivity index (χ0v) is 17.4. The van der Waals surface area contributed by atoms with Gasteiger partial charge in [-0.05, 0) is 49.4 Å². The maximum atomic E-state index is 13.7. The van der Waals surface area contributed by atoms with Gasteiger partial charge in [0.2, 0.25) is 5.78 Å². The molecule has 0 fully saturated rings.